The van der Waals surface area contributed by atoms with Crippen LogP contribution in [-0.4, -0.2) is 17.1 Å². The van der Waals surface area contributed by atoms with Crippen molar-refractivity contribution < 1.29 is 4.74 Å². The second kappa shape index (κ2) is 5.69. The van der Waals surface area contributed by atoms with Crippen LogP contribution < -0.4 is 10.5 Å². The molecule has 0 aliphatic rings. The number of hydrogen-bond donors (Lipinski definition) is 2. The number of nitrogens with zero attached hydrogens (tertiary/aromatic N) is 1. The second-order valence-corrected chi connectivity index (χ2v) is 4.28. The van der Waals surface area contributed by atoms with Crippen molar-refractivity contribution in [2.45, 2.75) is 25.8 Å². The number of benzene rings is 1. The van der Waals surface area contributed by atoms with Crippen LogP contribution in [0.3, 0.4) is 0 Å². The van der Waals surface area contributed by atoms with Gasteiger partial charge in [-0.2, -0.15) is 0 Å². The molecule has 0 spiro atoms. The van der Waals surface area contributed by atoms with E-state index >= 15 is 0 Å². The number of H-pyrrole nitrogens is 1. The Morgan fingerprint density at radius 2 is 2.17 bits per heavy atom. The van der Waals surface area contributed by atoms with Gasteiger partial charge >= 0.3 is 0 Å². The van der Waals surface area contributed by atoms with Gasteiger partial charge in [0, 0.05) is 5.56 Å². The molecule has 2 rings (SSSR count). The van der Waals surface area contributed by atoms with Gasteiger partial charge in [-0.15, -0.1) is 0 Å². The van der Waals surface area contributed by atoms with Crippen LogP contribution in [0, 0.1) is 0 Å². The quantitative estimate of drug-likeness (QED) is 0.851. The fourth-order valence-corrected chi connectivity index (χ4v) is 1.98. The SMILES string of the molecule is CCCC(N)c1ncc(-c2ccccc2OC)[nH]1. The van der Waals surface area contributed by atoms with Gasteiger partial charge in [-0.05, 0) is 18.6 Å². The third-order valence-corrected chi connectivity index (χ3v) is 2.94. The summed E-state index contributed by atoms with van der Waals surface area (Å²) < 4.78 is 5.34. The van der Waals surface area contributed by atoms with Gasteiger partial charge in [0.2, 0.25) is 0 Å². The molecule has 0 fully saturated rings. The van der Waals surface area contributed by atoms with Crippen molar-refractivity contribution >= 4 is 0 Å². The summed E-state index contributed by atoms with van der Waals surface area (Å²) >= 11 is 0. The van der Waals surface area contributed by atoms with Gasteiger partial charge in [-0.1, -0.05) is 25.5 Å². The molecule has 4 heteroatoms. The Bertz CT molecular complexity index is 507. The van der Waals surface area contributed by atoms with Crippen LogP contribution in [0.5, 0.6) is 5.75 Å². The molecule has 0 aliphatic carbocycles. The highest BCUT2D eigenvalue weighted by Gasteiger charge is 2.12. The molecule has 1 atom stereocenters. The molecule has 1 aromatic heterocycles. The van der Waals surface area contributed by atoms with Gasteiger partial charge < -0.3 is 15.5 Å². The fraction of sp³-hybridized carbons (Fsp3) is 0.357. The van der Waals surface area contributed by atoms with Crippen LogP contribution in [0.15, 0.2) is 30.5 Å². The van der Waals surface area contributed by atoms with E-state index in [0.29, 0.717) is 0 Å². The number of nitrogens with one attached hydrogen (secondary N) is 1. The van der Waals surface area contributed by atoms with Crippen molar-refractivity contribution in [3.05, 3.63) is 36.3 Å². The minimum absolute atomic E-state index is 0.0292. The van der Waals surface area contributed by atoms with Crippen LogP contribution in [-0.2, 0) is 0 Å². The summed E-state index contributed by atoms with van der Waals surface area (Å²) in [4.78, 5) is 7.62. The standard InChI is InChI=1S/C14H19N3O/c1-3-6-11(15)14-16-9-12(17-14)10-7-4-5-8-13(10)18-2/h4-5,7-9,11H,3,6,15H2,1-2H3,(H,16,17). The lowest BCUT2D eigenvalue weighted by Crippen LogP contribution is -2.11. The van der Waals surface area contributed by atoms with Gasteiger partial charge in [-0.3, -0.25) is 0 Å². The summed E-state index contributed by atoms with van der Waals surface area (Å²) in [5.74, 6) is 1.66. The van der Waals surface area contributed by atoms with E-state index in [9.17, 15) is 0 Å². The molecule has 1 heterocycles. The molecule has 0 aliphatic heterocycles. The van der Waals surface area contributed by atoms with Crippen molar-refractivity contribution in [3.8, 4) is 17.0 Å². The number of ether oxygens (including phenoxy) is 1. The van der Waals surface area contributed by atoms with E-state index in [-0.39, 0.29) is 6.04 Å². The number of hydrogen-bond acceptors (Lipinski definition) is 3. The van der Waals surface area contributed by atoms with Crippen molar-refractivity contribution in [3.63, 3.8) is 0 Å². The van der Waals surface area contributed by atoms with Gasteiger partial charge in [0.25, 0.3) is 0 Å². The molecule has 1 aromatic carbocycles. The summed E-state index contributed by atoms with van der Waals surface area (Å²) in [6, 6.07) is 7.83. The molecular formula is C14H19N3O. The van der Waals surface area contributed by atoms with Crippen LogP contribution >= 0.6 is 0 Å². The predicted molar refractivity (Wildman–Crippen MR) is 72.4 cm³/mol. The summed E-state index contributed by atoms with van der Waals surface area (Å²) in [7, 11) is 1.67. The average molecular weight is 245 g/mol. The molecule has 1 unspecified atom stereocenters. The van der Waals surface area contributed by atoms with E-state index in [1.807, 2.05) is 30.5 Å². The largest absolute Gasteiger partial charge is 0.496 e. The molecule has 0 radical (unpaired) electrons. The summed E-state index contributed by atoms with van der Waals surface area (Å²) in [5, 5.41) is 0. The number of aromatic nitrogens is 2. The van der Waals surface area contributed by atoms with E-state index in [1.54, 1.807) is 7.11 Å². The summed E-state index contributed by atoms with van der Waals surface area (Å²) in [5.41, 5.74) is 7.98. The molecule has 0 bridgehead atoms. The van der Waals surface area contributed by atoms with Gasteiger partial charge in [0.05, 0.1) is 25.0 Å². The Balaban J connectivity index is 2.29. The molecule has 0 saturated carbocycles. The van der Waals surface area contributed by atoms with Gasteiger partial charge in [0.1, 0.15) is 11.6 Å². The van der Waals surface area contributed by atoms with Crippen molar-refractivity contribution in [1.82, 2.24) is 9.97 Å². The zero-order chi connectivity index (χ0) is 13.0. The van der Waals surface area contributed by atoms with Crippen LogP contribution in [0.25, 0.3) is 11.3 Å². The maximum atomic E-state index is 6.04. The molecular weight excluding hydrogens is 226 g/mol. The third kappa shape index (κ3) is 2.54. The molecule has 3 N–H and O–H groups in total. The third-order valence-electron chi connectivity index (χ3n) is 2.94. The van der Waals surface area contributed by atoms with E-state index in [4.69, 9.17) is 10.5 Å². The molecule has 0 amide bonds. The zero-order valence-corrected chi connectivity index (χ0v) is 10.8. The monoisotopic (exact) mass is 245 g/mol. The first-order valence-corrected chi connectivity index (χ1v) is 6.20. The first-order valence-electron chi connectivity index (χ1n) is 6.20. The maximum Gasteiger partial charge on any atom is 0.128 e. The smallest absolute Gasteiger partial charge is 0.128 e. The van der Waals surface area contributed by atoms with E-state index < -0.39 is 0 Å². The number of methoxy groups -OCH3 is 1. The lowest BCUT2D eigenvalue weighted by Gasteiger charge is -2.07. The average Bonchev–Trinajstić information content (AvgIpc) is 2.88. The molecule has 18 heavy (non-hydrogen) atoms. The number of nitrogens with two attached hydrogens (primary N) is 1. The lowest BCUT2D eigenvalue weighted by atomic mass is 10.1. The van der Waals surface area contributed by atoms with Crippen LogP contribution in [0.4, 0.5) is 0 Å². The Labute approximate surface area is 107 Å². The number of para-hydroxylation sites is 1. The second-order valence-electron chi connectivity index (χ2n) is 4.28. The maximum absolute atomic E-state index is 6.04. The number of aromatic amines is 1. The molecule has 4 nitrogen and oxygen atoms in total. The molecule has 0 saturated heterocycles. The minimum atomic E-state index is -0.0292. The van der Waals surface area contributed by atoms with E-state index in [1.165, 1.54) is 0 Å². The van der Waals surface area contributed by atoms with Crippen LogP contribution in [0.1, 0.15) is 31.6 Å². The lowest BCUT2D eigenvalue weighted by molar-refractivity contribution is 0.416. The fourth-order valence-electron chi connectivity index (χ4n) is 1.98. The zero-order valence-electron chi connectivity index (χ0n) is 10.8. The first-order chi connectivity index (χ1) is 8.76. The van der Waals surface area contributed by atoms with Crippen molar-refractivity contribution in [2.24, 2.45) is 5.73 Å². The van der Waals surface area contributed by atoms with Crippen LogP contribution in [0.2, 0.25) is 0 Å². The topological polar surface area (TPSA) is 63.9 Å². The Hall–Kier alpha value is -1.81. The van der Waals surface area contributed by atoms with E-state index in [2.05, 4.69) is 16.9 Å². The Morgan fingerprint density at radius 1 is 1.39 bits per heavy atom. The van der Waals surface area contributed by atoms with Gasteiger partial charge in [0.15, 0.2) is 0 Å². The van der Waals surface area contributed by atoms with Crippen molar-refractivity contribution in [2.75, 3.05) is 7.11 Å². The Morgan fingerprint density at radius 3 is 2.89 bits per heavy atom. The number of rotatable bonds is 5. The molecule has 2 aromatic rings. The normalized spacial score (nSPS) is 12.4. The Kier molecular flexibility index (Phi) is 3.99. The minimum Gasteiger partial charge on any atom is -0.496 e. The summed E-state index contributed by atoms with van der Waals surface area (Å²) in [6.07, 6.45) is 3.79. The highest BCUT2D eigenvalue weighted by Crippen LogP contribution is 2.28. The first kappa shape index (κ1) is 12.6. The number of imidazole rings is 1. The van der Waals surface area contributed by atoms with E-state index in [0.717, 1.165) is 35.7 Å². The summed E-state index contributed by atoms with van der Waals surface area (Å²) in [6.45, 7) is 2.12. The molecule has 96 valence electrons. The predicted octanol–water partition coefficient (Wildman–Crippen LogP) is 2.89. The van der Waals surface area contributed by atoms with Gasteiger partial charge in [-0.25, -0.2) is 4.98 Å². The highest BCUT2D eigenvalue weighted by atomic mass is 16.5. The van der Waals surface area contributed by atoms with Crippen molar-refractivity contribution in [1.29, 1.82) is 0 Å². The highest BCUT2D eigenvalue weighted by molar-refractivity contribution is 5.66.